The van der Waals surface area contributed by atoms with E-state index in [1.165, 1.54) is 7.11 Å². The molecule has 5 heteroatoms. The van der Waals surface area contributed by atoms with Gasteiger partial charge in [-0.2, -0.15) is 0 Å². The zero-order chi connectivity index (χ0) is 10.6. The van der Waals surface area contributed by atoms with Gasteiger partial charge in [-0.05, 0) is 26.3 Å². The summed E-state index contributed by atoms with van der Waals surface area (Å²) in [6.07, 6.45) is 1.84. The first kappa shape index (κ1) is 11.0. The van der Waals surface area contributed by atoms with Crippen molar-refractivity contribution in [2.45, 2.75) is 31.8 Å². The third-order valence-corrected chi connectivity index (χ3v) is 2.29. The van der Waals surface area contributed by atoms with Gasteiger partial charge in [0.1, 0.15) is 6.04 Å². The molecule has 0 aromatic rings. The van der Waals surface area contributed by atoms with Crippen LogP contribution < -0.4 is 10.6 Å². The van der Waals surface area contributed by atoms with Crippen LogP contribution in [0.4, 0.5) is 0 Å². The summed E-state index contributed by atoms with van der Waals surface area (Å²) in [6.45, 7) is 2.48. The van der Waals surface area contributed by atoms with Crippen molar-refractivity contribution in [3.8, 4) is 0 Å². The maximum atomic E-state index is 11.5. The highest BCUT2D eigenvalue weighted by atomic mass is 16.5. The lowest BCUT2D eigenvalue weighted by atomic mass is 10.2. The van der Waals surface area contributed by atoms with E-state index in [2.05, 4.69) is 15.4 Å². The second-order valence-corrected chi connectivity index (χ2v) is 3.40. The van der Waals surface area contributed by atoms with Gasteiger partial charge in [-0.15, -0.1) is 0 Å². The molecule has 0 saturated carbocycles. The second kappa shape index (κ2) is 4.95. The Morgan fingerprint density at radius 2 is 2.29 bits per heavy atom. The van der Waals surface area contributed by atoms with Crippen molar-refractivity contribution in [2.24, 2.45) is 0 Å². The largest absolute Gasteiger partial charge is 0.467 e. The highest BCUT2D eigenvalue weighted by molar-refractivity contribution is 5.87. The average Bonchev–Trinajstić information content (AvgIpc) is 2.69. The number of rotatable bonds is 3. The van der Waals surface area contributed by atoms with Gasteiger partial charge < -0.3 is 15.4 Å². The molecule has 0 bridgehead atoms. The molecule has 1 aliphatic rings. The van der Waals surface area contributed by atoms with Gasteiger partial charge in [0.15, 0.2) is 0 Å². The van der Waals surface area contributed by atoms with Crippen molar-refractivity contribution in [3.05, 3.63) is 0 Å². The third-order valence-electron chi connectivity index (χ3n) is 2.29. The van der Waals surface area contributed by atoms with E-state index in [1.807, 2.05) is 0 Å². The number of ether oxygens (including phenoxy) is 1. The molecule has 1 rings (SSSR count). The van der Waals surface area contributed by atoms with Crippen LogP contribution in [0.1, 0.15) is 19.8 Å². The van der Waals surface area contributed by atoms with Gasteiger partial charge in [-0.1, -0.05) is 0 Å². The summed E-state index contributed by atoms with van der Waals surface area (Å²) >= 11 is 0. The second-order valence-electron chi connectivity index (χ2n) is 3.40. The molecule has 1 amide bonds. The zero-order valence-corrected chi connectivity index (χ0v) is 8.50. The zero-order valence-electron chi connectivity index (χ0n) is 8.50. The highest BCUT2D eigenvalue weighted by Crippen LogP contribution is 2.04. The SMILES string of the molecule is COC(=O)[C@H](C)NC(=O)[C@@H]1CCCN1. The first-order chi connectivity index (χ1) is 6.65. The Hall–Kier alpha value is -1.10. The van der Waals surface area contributed by atoms with Crippen LogP contribution >= 0.6 is 0 Å². The topological polar surface area (TPSA) is 67.4 Å². The van der Waals surface area contributed by atoms with Gasteiger partial charge in [0.25, 0.3) is 0 Å². The summed E-state index contributed by atoms with van der Waals surface area (Å²) < 4.78 is 4.50. The van der Waals surface area contributed by atoms with E-state index in [1.54, 1.807) is 6.92 Å². The minimum Gasteiger partial charge on any atom is -0.467 e. The Labute approximate surface area is 83.2 Å². The summed E-state index contributed by atoms with van der Waals surface area (Å²) in [4.78, 5) is 22.5. The molecule has 14 heavy (non-hydrogen) atoms. The van der Waals surface area contributed by atoms with E-state index in [0.29, 0.717) is 0 Å². The number of methoxy groups -OCH3 is 1. The number of hydrogen-bond acceptors (Lipinski definition) is 4. The number of carbonyl (C=O) groups is 2. The van der Waals surface area contributed by atoms with Gasteiger partial charge in [-0.25, -0.2) is 4.79 Å². The van der Waals surface area contributed by atoms with Crippen LogP contribution in [0.3, 0.4) is 0 Å². The van der Waals surface area contributed by atoms with Crippen LogP contribution in [-0.4, -0.2) is 37.6 Å². The molecule has 0 unspecified atom stereocenters. The molecule has 0 aliphatic carbocycles. The number of nitrogens with one attached hydrogen (secondary N) is 2. The summed E-state index contributed by atoms with van der Waals surface area (Å²) in [5, 5.41) is 5.65. The van der Waals surface area contributed by atoms with Gasteiger partial charge in [0, 0.05) is 0 Å². The predicted molar refractivity (Wildman–Crippen MR) is 50.6 cm³/mol. The molecule has 0 spiro atoms. The monoisotopic (exact) mass is 200 g/mol. The quantitative estimate of drug-likeness (QED) is 0.598. The lowest BCUT2D eigenvalue weighted by molar-refractivity contribution is -0.144. The van der Waals surface area contributed by atoms with Crippen molar-refractivity contribution in [1.82, 2.24) is 10.6 Å². The molecule has 0 radical (unpaired) electrons. The molecule has 1 aliphatic heterocycles. The molecule has 2 atom stereocenters. The molecular formula is C9H16N2O3. The third kappa shape index (κ3) is 2.70. The molecule has 1 fully saturated rings. The van der Waals surface area contributed by atoms with Crippen LogP contribution in [0.25, 0.3) is 0 Å². The number of carbonyl (C=O) groups excluding carboxylic acids is 2. The van der Waals surface area contributed by atoms with Crippen molar-refractivity contribution < 1.29 is 14.3 Å². The fraction of sp³-hybridized carbons (Fsp3) is 0.778. The standard InChI is InChI=1S/C9H16N2O3/c1-6(9(13)14-2)11-8(12)7-4-3-5-10-7/h6-7,10H,3-5H2,1-2H3,(H,11,12)/t6-,7-/m0/s1. The van der Waals surface area contributed by atoms with Gasteiger partial charge >= 0.3 is 5.97 Å². The fourth-order valence-electron chi connectivity index (χ4n) is 1.46. The van der Waals surface area contributed by atoms with Gasteiger partial charge in [0.05, 0.1) is 13.2 Å². The Morgan fingerprint density at radius 1 is 1.57 bits per heavy atom. The maximum Gasteiger partial charge on any atom is 0.328 e. The van der Waals surface area contributed by atoms with Crippen molar-refractivity contribution in [1.29, 1.82) is 0 Å². The van der Waals surface area contributed by atoms with Crippen LogP contribution in [0, 0.1) is 0 Å². The van der Waals surface area contributed by atoms with Crippen molar-refractivity contribution in [2.75, 3.05) is 13.7 Å². The lowest BCUT2D eigenvalue weighted by Gasteiger charge is -2.15. The molecule has 0 aromatic carbocycles. The number of hydrogen-bond donors (Lipinski definition) is 2. The normalized spacial score (nSPS) is 22.9. The molecule has 1 saturated heterocycles. The molecule has 80 valence electrons. The Bertz CT molecular complexity index is 224. The summed E-state index contributed by atoms with van der Waals surface area (Å²) in [5.41, 5.74) is 0. The lowest BCUT2D eigenvalue weighted by Crippen LogP contribution is -2.47. The van der Waals surface area contributed by atoms with E-state index >= 15 is 0 Å². The molecule has 5 nitrogen and oxygen atoms in total. The van der Waals surface area contributed by atoms with Crippen LogP contribution in [0.2, 0.25) is 0 Å². The summed E-state index contributed by atoms with van der Waals surface area (Å²) in [6, 6.07) is -0.725. The molecule has 0 aromatic heterocycles. The average molecular weight is 200 g/mol. The Balaban J connectivity index is 2.35. The number of amides is 1. The van der Waals surface area contributed by atoms with Gasteiger partial charge in [0.2, 0.25) is 5.91 Å². The number of esters is 1. The fourth-order valence-corrected chi connectivity index (χ4v) is 1.46. The first-order valence-corrected chi connectivity index (χ1v) is 4.76. The van der Waals surface area contributed by atoms with Crippen LogP contribution in [-0.2, 0) is 14.3 Å². The molecule has 1 heterocycles. The van der Waals surface area contributed by atoms with Crippen molar-refractivity contribution >= 4 is 11.9 Å². The summed E-state index contributed by atoms with van der Waals surface area (Å²) in [5.74, 6) is -0.545. The Morgan fingerprint density at radius 3 is 2.79 bits per heavy atom. The van der Waals surface area contributed by atoms with Crippen molar-refractivity contribution in [3.63, 3.8) is 0 Å². The maximum absolute atomic E-state index is 11.5. The Kier molecular flexibility index (Phi) is 3.88. The van der Waals surface area contributed by atoms with E-state index in [4.69, 9.17) is 0 Å². The van der Waals surface area contributed by atoms with E-state index in [9.17, 15) is 9.59 Å². The van der Waals surface area contributed by atoms with Crippen LogP contribution in [0.15, 0.2) is 0 Å². The predicted octanol–water partition coefficient (Wildman–Crippen LogP) is -0.584. The van der Waals surface area contributed by atoms with E-state index in [0.717, 1.165) is 19.4 Å². The molecular weight excluding hydrogens is 184 g/mol. The van der Waals surface area contributed by atoms with Crippen LogP contribution in [0.5, 0.6) is 0 Å². The first-order valence-electron chi connectivity index (χ1n) is 4.76. The minimum atomic E-state index is -0.574. The van der Waals surface area contributed by atoms with E-state index in [-0.39, 0.29) is 11.9 Å². The van der Waals surface area contributed by atoms with Gasteiger partial charge in [-0.3, -0.25) is 4.79 Å². The summed E-state index contributed by atoms with van der Waals surface area (Å²) in [7, 11) is 1.30. The molecule has 2 N–H and O–H groups in total. The smallest absolute Gasteiger partial charge is 0.328 e. The highest BCUT2D eigenvalue weighted by Gasteiger charge is 2.25. The van der Waals surface area contributed by atoms with E-state index < -0.39 is 12.0 Å². The minimum absolute atomic E-state index is 0.125.